The number of aromatic nitrogens is 1. The van der Waals surface area contributed by atoms with E-state index in [-0.39, 0.29) is 22.2 Å². The van der Waals surface area contributed by atoms with Gasteiger partial charge in [0.2, 0.25) is 10.0 Å². The number of nitrogens with one attached hydrogen (secondary N) is 1. The van der Waals surface area contributed by atoms with Gasteiger partial charge in [-0.3, -0.25) is 4.79 Å². The molecule has 7 nitrogen and oxygen atoms in total. The molecule has 0 atom stereocenters. The first-order valence-corrected chi connectivity index (χ1v) is 10.8. The van der Waals surface area contributed by atoms with E-state index < -0.39 is 10.0 Å². The highest BCUT2D eigenvalue weighted by atomic mass is 32.2. The maximum atomic E-state index is 12.7. The molecule has 1 aliphatic rings. The van der Waals surface area contributed by atoms with Crippen LogP contribution in [0.5, 0.6) is 5.75 Å². The van der Waals surface area contributed by atoms with E-state index in [1.807, 2.05) is 6.07 Å². The number of aromatic amines is 1. The van der Waals surface area contributed by atoms with Crippen LogP contribution in [0.4, 0.5) is 0 Å². The number of phenols is 1. The minimum Gasteiger partial charge on any atom is -0.508 e. The molecule has 1 aliphatic heterocycles. The molecule has 0 saturated carbocycles. The number of H-pyrrole nitrogens is 1. The number of benzene rings is 1. The Morgan fingerprint density at radius 2 is 2.04 bits per heavy atom. The summed E-state index contributed by atoms with van der Waals surface area (Å²) in [6.07, 6.45) is 1.37. The first-order chi connectivity index (χ1) is 12.4. The lowest BCUT2D eigenvalue weighted by molar-refractivity contribution is 0.0780. The van der Waals surface area contributed by atoms with Crippen LogP contribution < -0.4 is 0 Å². The number of nitrogens with zero attached hydrogens (tertiary/aromatic N) is 2. The number of carbonyl (C=O) groups is 1. The van der Waals surface area contributed by atoms with Crippen molar-refractivity contribution >= 4 is 27.7 Å². The Kier molecular flexibility index (Phi) is 5.59. The second kappa shape index (κ2) is 7.73. The number of amides is 1. The smallest absolute Gasteiger partial charge is 0.270 e. The third-order valence-electron chi connectivity index (χ3n) is 4.17. The van der Waals surface area contributed by atoms with Crippen molar-refractivity contribution < 1.29 is 18.3 Å². The maximum Gasteiger partial charge on any atom is 0.270 e. The van der Waals surface area contributed by atoms with Crippen molar-refractivity contribution in [3.8, 4) is 5.75 Å². The lowest BCUT2D eigenvalue weighted by atomic mass is 10.2. The number of sulfonamides is 1. The van der Waals surface area contributed by atoms with Crippen molar-refractivity contribution in [2.24, 2.45) is 0 Å². The highest BCUT2D eigenvalue weighted by Crippen LogP contribution is 2.21. The second-order valence-electron chi connectivity index (χ2n) is 6.10. The number of phenolic OH excluding ortho intramolecular Hbond substituents is 1. The van der Waals surface area contributed by atoms with Gasteiger partial charge in [-0.05, 0) is 23.8 Å². The summed E-state index contributed by atoms with van der Waals surface area (Å²) in [4.78, 5) is 16.9. The number of aromatic hydroxyl groups is 1. The van der Waals surface area contributed by atoms with Gasteiger partial charge in [0, 0.05) is 44.4 Å². The summed E-state index contributed by atoms with van der Waals surface area (Å²) in [6.45, 7) is 1.27. The third-order valence-corrected chi connectivity index (χ3v) is 6.99. The zero-order chi connectivity index (χ0) is 18.7. The largest absolute Gasteiger partial charge is 0.508 e. The monoisotopic (exact) mass is 395 g/mol. The van der Waals surface area contributed by atoms with E-state index in [4.69, 9.17) is 0 Å². The van der Waals surface area contributed by atoms with Gasteiger partial charge in [0.1, 0.15) is 16.3 Å². The first-order valence-electron chi connectivity index (χ1n) is 8.17. The van der Waals surface area contributed by atoms with Crippen LogP contribution in [0.15, 0.2) is 41.4 Å². The molecule has 3 rings (SSSR count). The van der Waals surface area contributed by atoms with Crippen molar-refractivity contribution in [2.75, 3.05) is 31.6 Å². The molecule has 140 valence electrons. The molecule has 1 amide bonds. The molecule has 1 aromatic carbocycles. The topological polar surface area (TPSA) is 93.7 Å². The maximum absolute atomic E-state index is 12.7. The van der Waals surface area contributed by atoms with E-state index in [1.54, 1.807) is 37.0 Å². The SMILES string of the molecule is CN(Cc1cccc(O)c1)C(=O)c1cc(S(=O)(=O)N2CCSCC2)c[nH]1. The lowest BCUT2D eigenvalue weighted by Gasteiger charge is -2.24. The third kappa shape index (κ3) is 4.05. The zero-order valence-electron chi connectivity index (χ0n) is 14.4. The first kappa shape index (κ1) is 18.8. The molecular weight excluding hydrogens is 374 g/mol. The van der Waals surface area contributed by atoms with E-state index in [2.05, 4.69) is 4.98 Å². The van der Waals surface area contributed by atoms with Gasteiger partial charge in [-0.1, -0.05) is 12.1 Å². The van der Waals surface area contributed by atoms with E-state index in [0.717, 1.165) is 17.1 Å². The van der Waals surface area contributed by atoms with E-state index in [0.29, 0.717) is 19.6 Å². The van der Waals surface area contributed by atoms with Crippen molar-refractivity contribution in [2.45, 2.75) is 11.4 Å². The zero-order valence-corrected chi connectivity index (χ0v) is 16.0. The van der Waals surface area contributed by atoms with Gasteiger partial charge >= 0.3 is 0 Å². The summed E-state index contributed by atoms with van der Waals surface area (Å²) in [5.74, 6) is 1.38. The van der Waals surface area contributed by atoms with Gasteiger partial charge in [-0.2, -0.15) is 16.1 Å². The Hall–Kier alpha value is -1.97. The van der Waals surface area contributed by atoms with Crippen LogP contribution >= 0.6 is 11.8 Å². The van der Waals surface area contributed by atoms with Gasteiger partial charge < -0.3 is 15.0 Å². The minimum absolute atomic E-state index is 0.110. The molecule has 0 spiro atoms. The number of rotatable bonds is 5. The molecule has 1 saturated heterocycles. The van der Waals surface area contributed by atoms with Crippen LogP contribution in [0.2, 0.25) is 0 Å². The Bertz CT molecular complexity index is 889. The van der Waals surface area contributed by atoms with Crippen LogP contribution in [0.25, 0.3) is 0 Å². The molecule has 2 aromatic rings. The Balaban J connectivity index is 1.73. The van der Waals surface area contributed by atoms with Crippen LogP contribution in [-0.2, 0) is 16.6 Å². The standard InChI is InChI=1S/C17H21N3O4S2/c1-19(12-13-3-2-4-14(21)9-13)17(22)16-10-15(11-18-16)26(23,24)20-5-7-25-8-6-20/h2-4,9-11,18,21H,5-8,12H2,1H3. The summed E-state index contributed by atoms with van der Waals surface area (Å²) >= 11 is 1.73. The summed E-state index contributed by atoms with van der Waals surface area (Å²) in [6, 6.07) is 8.05. The molecule has 1 fully saturated rings. The molecule has 26 heavy (non-hydrogen) atoms. The molecule has 2 N–H and O–H groups in total. The van der Waals surface area contributed by atoms with Gasteiger partial charge in [0.25, 0.3) is 5.91 Å². The number of hydrogen-bond donors (Lipinski definition) is 2. The predicted molar refractivity (Wildman–Crippen MR) is 101 cm³/mol. The Morgan fingerprint density at radius 1 is 1.31 bits per heavy atom. The summed E-state index contributed by atoms with van der Waals surface area (Å²) in [5, 5.41) is 9.52. The van der Waals surface area contributed by atoms with Crippen LogP contribution in [0.1, 0.15) is 16.1 Å². The van der Waals surface area contributed by atoms with Gasteiger partial charge in [-0.15, -0.1) is 0 Å². The predicted octanol–water partition coefficient (Wildman–Crippen LogP) is 1.73. The normalized spacial score (nSPS) is 15.7. The van der Waals surface area contributed by atoms with E-state index in [9.17, 15) is 18.3 Å². The molecule has 0 radical (unpaired) electrons. The number of carbonyl (C=O) groups excluding carboxylic acids is 1. The number of thioether (sulfide) groups is 1. The molecule has 9 heteroatoms. The van der Waals surface area contributed by atoms with E-state index >= 15 is 0 Å². The van der Waals surface area contributed by atoms with Gasteiger partial charge in [-0.25, -0.2) is 8.42 Å². The fourth-order valence-corrected chi connectivity index (χ4v) is 5.36. The van der Waals surface area contributed by atoms with Crippen molar-refractivity contribution in [1.82, 2.24) is 14.2 Å². The lowest BCUT2D eigenvalue weighted by Crippen LogP contribution is -2.37. The van der Waals surface area contributed by atoms with Gasteiger partial charge in [0.15, 0.2) is 0 Å². The summed E-state index contributed by atoms with van der Waals surface area (Å²) < 4.78 is 26.8. The average molecular weight is 396 g/mol. The fraction of sp³-hybridized carbons (Fsp3) is 0.353. The van der Waals surface area contributed by atoms with Crippen molar-refractivity contribution in [1.29, 1.82) is 0 Å². The number of hydrogen-bond acceptors (Lipinski definition) is 5. The van der Waals surface area contributed by atoms with Crippen molar-refractivity contribution in [3.63, 3.8) is 0 Å². The molecule has 0 unspecified atom stereocenters. The molecule has 1 aromatic heterocycles. The Labute approximate surface area is 157 Å². The van der Waals surface area contributed by atoms with Crippen LogP contribution in [-0.4, -0.2) is 65.3 Å². The molecule has 0 aliphatic carbocycles. The van der Waals surface area contributed by atoms with Crippen LogP contribution in [0, 0.1) is 0 Å². The van der Waals surface area contributed by atoms with Crippen LogP contribution in [0.3, 0.4) is 0 Å². The minimum atomic E-state index is -3.58. The highest BCUT2D eigenvalue weighted by Gasteiger charge is 2.28. The quantitative estimate of drug-likeness (QED) is 0.804. The van der Waals surface area contributed by atoms with E-state index in [1.165, 1.54) is 21.5 Å². The van der Waals surface area contributed by atoms with Gasteiger partial charge in [0.05, 0.1) is 0 Å². The highest BCUT2D eigenvalue weighted by molar-refractivity contribution is 7.99. The van der Waals surface area contributed by atoms with Crippen molar-refractivity contribution in [3.05, 3.63) is 47.8 Å². The average Bonchev–Trinajstić information content (AvgIpc) is 3.12. The summed E-state index contributed by atoms with van der Waals surface area (Å²) in [5.41, 5.74) is 1.00. The fourth-order valence-electron chi connectivity index (χ4n) is 2.79. The Morgan fingerprint density at radius 3 is 2.73 bits per heavy atom. The molecular formula is C17H21N3O4S2. The summed E-state index contributed by atoms with van der Waals surface area (Å²) in [7, 11) is -1.95. The second-order valence-corrected chi connectivity index (χ2v) is 9.26. The molecule has 0 bridgehead atoms. The molecule has 2 heterocycles.